The van der Waals surface area contributed by atoms with Gasteiger partial charge in [0.1, 0.15) is 12.4 Å². The van der Waals surface area contributed by atoms with Crippen LogP contribution < -0.4 is 15.4 Å². The first-order valence-corrected chi connectivity index (χ1v) is 5.50. The zero-order valence-corrected chi connectivity index (χ0v) is 11.9. The van der Waals surface area contributed by atoms with Crippen molar-refractivity contribution in [1.29, 1.82) is 0 Å². The Balaban J connectivity index is 0.00000144. The third-order valence-electron chi connectivity index (χ3n) is 2.19. The molecule has 0 spiro atoms. The summed E-state index contributed by atoms with van der Waals surface area (Å²) in [7, 11) is 0. The van der Waals surface area contributed by atoms with Gasteiger partial charge in [-0.15, -0.1) is 24.0 Å². The molecule has 6 heteroatoms. The van der Waals surface area contributed by atoms with Crippen LogP contribution in [0.15, 0.2) is 29.5 Å². The minimum atomic E-state index is 0. The Morgan fingerprint density at radius 1 is 1.47 bits per heavy atom. The molecule has 0 bridgehead atoms. The Morgan fingerprint density at radius 2 is 2.41 bits per heavy atom. The molecule has 0 saturated heterocycles. The molecule has 0 radical (unpaired) electrons. The van der Waals surface area contributed by atoms with Gasteiger partial charge in [-0.2, -0.15) is 0 Å². The van der Waals surface area contributed by atoms with Crippen LogP contribution in [0.5, 0.6) is 5.75 Å². The largest absolute Gasteiger partial charge is 0.490 e. The molecule has 2 heterocycles. The van der Waals surface area contributed by atoms with E-state index in [1.165, 1.54) is 0 Å². The van der Waals surface area contributed by atoms with Gasteiger partial charge in [0.25, 0.3) is 0 Å². The second-order valence-electron chi connectivity index (χ2n) is 3.47. The molecule has 0 aromatic carbocycles. The van der Waals surface area contributed by atoms with Gasteiger partial charge in [0, 0.05) is 19.3 Å². The number of guanidine groups is 1. The van der Waals surface area contributed by atoms with Crippen molar-refractivity contribution in [1.82, 2.24) is 15.6 Å². The lowest BCUT2D eigenvalue weighted by molar-refractivity contribution is 0.320. The van der Waals surface area contributed by atoms with Crippen molar-refractivity contribution in [3.8, 4) is 5.75 Å². The van der Waals surface area contributed by atoms with Crippen LogP contribution in [0.3, 0.4) is 0 Å². The number of aliphatic imine (C=N–C) groups is 1. The van der Waals surface area contributed by atoms with Crippen molar-refractivity contribution < 1.29 is 4.74 Å². The highest BCUT2D eigenvalue weighted by Gasteiger charge is 2.01. The number of nitrogens with one attached hydrogen (secondary N) is 2. The molecule has 0 unspecified atom stereocenters. The fourth-order valence-corrected chi connectivity index (χ4v) is 1.42. The standard InChI is InChI=1S/C11H16N4O.HI/c1-3-10(9-12-4-1)16-8-7-15-11-13-5-2-6-14-11;/h1,3-4,9H,2,5-8H2,(H2,13,14,15);1H. The first kappa shape index (κ1) is 14.0. The number of nitrogens with zero attached hydrogens (tertiary/aromatic N) is 2. The number of hydrogen-bond acceptors (Lipinski definition) is 5. The van der Waals surface area contributed by atoms with E-state index in [9.17, 15) is 0 Å². The lowest BCUT2D eigenvalue weighted by Gasteiger charge is -2.15. The summed E-state index contributed by atoms with van der Waals surface area (Å²) in [6.45, 7) is 3.24. The minimum absolute atomic E-state index is 0. The van der Waals surface area contributed by atoms with Crippen LogP contribution in [0.1, 0.15) is 6.42 Å². The van der Waals surface area contributed by atoms with Gasteiger partial charge in [-0.25, -0.2) is 0 Å². The van der Waals surface area contributed by atoms with Gasteiger partial charge < -0.3 is 15.4 Å². The summed E-state index contributed by atoms with van der Waals surface area (Å²) in [4.78, 5) is 8.27. The Bertz CT molecular complexity index is 345. The van der Waals surface area contributed by atoms with Crippen molar-refractivity contribution >= 4 is 29.9 Å². The maximum Gasteiger partial charge on any atom is 0.191 e. The molecule has 0 saturated carbocycles. The molecule has 5 nitrogen and oxygen atoms in total. The average Bonchev–Trinajstić information content (AvgIpc) is 2.37. The lowest BCUT2D eigenvalue weighted by atomic mass is 10.4. The topological polar surface area (TPSA) is 58.5 Å². The smallest absolute Gasteiger partial charge is 0.191 e. The Labute approximate surface area is 118 Å². The number of ether oxygens (including phenoxy) is 1. The fraction of sp³-hybridized carbons (Fsp3) is 0.455. The first-order valence-electron chi connectivity index (χ1n) is 5.50. The summed E-state index contributed by atoms with van der Waals surface area (Å²) in [6, 6.07) is 3.75. The van der Waals surface area contributed by atoms with E-state index < -0.39 is 0 Å². The molecule has 0 aliphatic carbocycles. The van der Waals surface area contributed by atoms with Crippen LogP contribution >= 0.6 is 24.0 Å². The molecule has 2 N–H and O–H groups in total. The van der Waals surface area contributed by atoms with Crippen LogP contribution in [-0.2, 0) is 0 Å². The maximum atomic E-state index is 5.49. The highest BCUT2D eigenvalue weighted by atomic mass is 127. The number of hydrogen-bond donors (Lipinski definition) is 2. The summed E-state index contributed by atoms with van der Waals surface area (Å²) in [5, 5.41) is 6.37. The predicted molar refractivity (Wildman–Crippen MR) is 78.1 cm³/mol. The van der Waals surface area contributed by atoms with E-state index in [1.54, 1.807) is 12.4 Å². The zero-order chi connectivity index (χ0) is 11.1. The minimum Gasteiger partial charge on any atom is -0.490 e. The summed E-state index contributed by atoms with van der Waals surface area (Å²) in [5.74, 6) is 1.67. The molecule has 0 fully saturated rings. The van der Waals surface area contributed by atoms with E-state index in [4.69, 9.17) is 4.74 Å². The molecule has 1 aliphatic heterocycles. The Hall–Kier alpha value is -1.05. The fourth-order valence-electron chi connectivity index (χ4n) is 1.42. The molecule has 0 atom stereocenters. The first-order chi connectivity index (χ1) is 7.95. The van der Waals surface area contributed by atoms with Gasteiger partial charge in [0.05, 0.1) is 12.7 Å². The van der Waals surface area contributed by atoms with Crippen LogP contribution in [0.25, 0.3) is 0 Å². The summed E-state index contributed by atoms with van der Waals surface area (Å²) >= 11 is 0. The van der Waals surface area contributed by atoms with E-state index in [0.29, 0.717) is 6.61 Å². The van der Waals surface area contributed by atoms with Gasteiger partial charge in [0.2, 0.25) is 0 Å². The van der Waals surface area contributed by atoms with E-state index in [2.05, 4.69) is 20.6 Å². The van der Waals surface area contributed by atoms with Crippen molar-refractivity contribution in [2.24, 2.45) is 4.99 Å². The van der Waals surface area contributed by atoms with Crippen LogP contribution in [0.2, 0.25) is 0 Å². The molecule has 1 aliphatic rings. The summed E-state index contributed by atoms with van der Waals surface area (Å²) in [5.41, 5.74) is 0. The molecular weight excluding hydrogens is 331 g/mol. The van der Waals surface area contributed by atoms with Crippen LogP contribution in [0, 0.1) is 0 Å². The zero-order valence-electron chi connectivity index (χ0n) is 9.56. The number of pyridine rings is 1. The second-order valence-corrected chi connectivity index (χ2v) is 3.47. The van der Waals surface area contributed by atoms with E-state index in [-0.39, 0.29) is 24.0 Å². The van der Waals surface area contributed by atoms with Crippen molar-refractivity contribution in [2.45, 2.75) is 6.42 Å². The van der Waals surface area contributed by atoms with E-state index in [0.717, 1.165) is 37.8 Å². The molecule has 1 aromatic rings. The van der Waals surface area contributed by atoms with E-state index in [1.807, 2.05) is 12.1 Å². The maximum absolute atomic E-state index is 5.49. The molecule has 94 valence electrons. The van der Waals surface area contributed by atoms with Gasteiger partial charge in [-0.3, -0.25) is 9.98 Å². The molecule has 0 amide bonds. The van der Waals surface area contributed by atoms with Gasteiger partial charge in [-0.1, -0.05) is 0 Å². The van der Waals surface area contributed by atoms with Crippen molar-refractivity contribution in [3.63, 3.8) is 0 Å². The number of rotatable bonds is 4. The third kappa shape index (κ3) is 5.20. The third-order valence-corrected chi connectivity index (χ3v) is 2.19. The number of aromatic nitrogens is 1. The van der Waals surface area contributed by atoms with E-state index >= 15 is 0 Å². The van der Waals surface area contributed by atoms with Crippen molar-refractivity contribution in [3.05, 3.63) is 24.5 Å². The monoisotopic (exact) mass is 348 g/mol. The van der Waals surface area contributed by atoms with Gasteiger partial charge in [-0.05, 0) is 18.6 Å². The number of halogens is 1. The quantitative estimate of drug-likeness (QED) is 0.630. The molecule has 17 heavy (non-hydrogen) atoms. The SMILES string of the molecule is I.c1cncc(OCCNC2=NCCCN2)c1. The Morgan fingerprint density at radius 3 is 3.12 bits per heavy atom. The van der Waals surface area contributed by atoms with Crippen LogP contribution in [-0.4, -0.2) is 37.2 Å². The van der Waals surface area contributed by atoms with Gasteiger partial charge >= 0.3 is 0 Å². The Kier molecular flexibility index (Phi) is 6.68. The highest BCUT2D eigenvalue weighted by molar-refractivity contribution is 14.0. The molecular formula is C11H17IN4O. The summed E-state index contributed by atoms with van der Waals surface area (Å²) in [6.07, 6.45) is 4.54. The van der Waals surface area contributed by atoms with Gasteiger partial charge in [0.15, 0.2) is 5.96 Å². The average molecular weight is 348 g/mol. The highest BCUT2D eigenvalue weighted by Crippen LogP contribution is 2.04. The normalized spacial score (nSPS) is 14.0. The lowest BCUT2D eigenvalue weighted by Crippen LogP contribution is -2.42. The molecule has 1 aromatic heterocycles. The molecule has 2 rings (SSSR count). The van der Waals surface area contributed by atoms with Crippen LogP contribution in [0.4, 0.5) is 0 Å². The van der Waals surface area contributed by atoms with Crippen molar-refractivity contribution in [2.75, 3.05) is 26.2 Å². The summed E-state index contributed by atoms with van der Waals surface area (Å²) < 4.78 is 5.49. The second kappa shape index (κ2) is 8.10. The predicted octanol–water partition coefficient (Wildman–Crippen LogP) is 1.02.